The Hall–Kier alpha value is -1.31. The van der Waals surface area contributed by atoms with Crippen LogP contribution in [0.5, 0.6) is 11.5 Å². The van der Waals surface area contributed by atoms with E-state index in [1.807, 2.05) is 0 Å². The fourth-order valence-electron chi connectivity index (χ4n) is 2.74. The van der Waals surface area contributed by atoms with E-state index in [0.717, 1.165) is 19.6 Å². The summed E-state index contributed by atoms with van der Waals surface area (Å²) in [6, 6.07) is 4.75. The molecule has 0 radical (unpaired) electrons. The maximum atomic E-state index is 12.8. The lowest BCUT2D eigenvalue weighted by Crippen LogP contribution is -2.38. The molecule has 1 aliphatic rings. The lowest BCUT2D eigenvalue weighted by atomic mass is 10.1. The molecule has 0 unspecified atom stereocenters. The van der Waals surface area contributed by atoms with Gasteiger partial charge in [-0.2, -0.15) is 4.31 Å². The van der Waals surface area contributed by atoms with Crippen molar-refractivity contribution in [3.63, 3.8) is 0 Å². The molecule has 0 aliphatic carbocycles. The molecule has 7 heteroatoms. The van der Waals surface area contributed by atoms with Gasteiger partial charge in [0.15, 0.2) is 0 Å². The zero-order valence-corrected chi connectivity index (χ0v) is 14.9. The van der Waals surface area contributed by atoms with Gasteiger partial charge in [0.2, 0.25) is 10.0 Å². The summed E-state index contributed by atoms with van der Waals surface area (Å²) in [7, 11) is 1.03. The molecule has 1 saturated heterocycles. The normalized spacial score (nSPS) is 16.5. The van der Waals surface area contributed by atoms with Crippen molar-refractivity contribution in [3.8, 4) is 11.5 Å². The molecule has 0 bridgehead atoms. The van der Waals surface area contributed by atoms with Crippen molar-refractivity contribution in [2.24, 2.45) is 0 Å². The average molecular weight is 342 g/mol. The number of sulfonamides is 1. The average Bonchev–Trinajstić information content (AvgIpc) is 2.59. The summed E-state index contributed by atoms with van der Waals surface area (Å²) < 4.78 is 37.3. The zero-order valence-electron chi connectivity index (χ0n) is 14.1. The number of nitrogens with zero attached hydrogens (tertiary/aromatic N) is 2. The summed E-state index contributed by atoms with van der Waals surface area (Å²) in [5, 5.41) is 0. The Kier molecular flexibility index (Phi) is 6.26. The lowest BCUT2D eigenvalue weighted by molar-refractivity contribution is 0.218. The van der Waals surface area contributed by atoms with Crippen molar-refractivity contribution < 1.29 is 17.9 Å². The zero-order chi connectivity index (χ0) is 16.9. The Bertz CT molecular complexity index is 613. The van der Waals surface area contributed by atoms with E-state index in [1.165, 1.54) is 43.9 Å². The second-order valence-corrected chi connectivity index (χ2v) is 7.76. The summed E-state index contributed by atoms with van der Waals surface area (Å²) in [6.45, 7) is 3.34. The van der Waals surface area contributed by atoms with Crippen LogP contribution in [0, 0.1) is 0 Å². The van der Waals surface area contributed by atoms with Crippen molar-refractivity contribution in [1.29, 1.82) is 0 Å². The Morgan fingerprint density at radius 1 is 1.13 bits per heavy atom. The fourth-order valence-corrected chi connectivity index (χ4v) is 4.04. The smallest absolute Gasteiger partial charge is 0.246 e. The van der Waals surface area contributed by atoms with Crippen molar-refractivity contribution in [1.82, 2.24) is 9.21 Å². The van der Waals surface area contributed by atoms with Gasteiger partial charge < -0.3 is 14.4 Å². The second kappa shape index (κ2) is 7.99. The minimum Gasteiger partial charge on any atom is -0.497 e. The van der Waals surface area contributed by atoms with E-state index in [0.29, 0.717) is 18.0 Å². The van der Waals surface area contributed by atoms with Crippen LogP contribution in [-0.4, -0.2) is 65.1 Å². The van der Waals surface area contributed by atoms with Gasteiger partial charge in [-0.1, -0.05) is 6.42 Å². The number of rotatable bonds is 7. The lowest BCUT2D eigenvalue weighted by Gasteiger charge is -2.28. The SMILES string of the molecule is COc1ccc(S(=O)(=O)N(C)CCN2CCCCC2)c(OC)c1. The van der Waals surface area contributed by atoms with Crippen LogP contribution in [0.3, 0.4) is 0 Å². The predicted octanol–water partition coefficient (Wildman–Crippen LogP) is 1.81. The Labute approximate surface area is 139 Å². The highest BCUT2D eigenvalue weighted by atomic mass is 32.2. The van der Waals surface area contributed by atoms with E-state index in [9.17, 15) is 8.42 Å². The van der Waals surface area contributed by atoms with Crippen LogP contribution in [0.4, 0.5) is 0 Å². The number of piperidine rings is 1. The topological polar surface area (TPSA) is 59.1 Å². The Morgan fingerprint density at radius 3 is 2.43 bits per heavy atom. The maximum absolute atomic E-state index is 12.8. The van der Waals surface area contributed by atoms with E-state index in [1.54, 1.807) is 19.2 Å². The fraction of sp³-hybridized carbons (Fsp3) is 0.625. The molecule has 1 aromatic carbocycles. The van der Waals surface area contributed by atoms with Crippen molar-refractivity contribution >= 4 is 10.0 Å². The first-order valence-corrected chi connectivity index (χ1v) is 9.33. The molecule has 0 saturated carbocycles. The van der Waals surface area contributed by atoms with Gasteiger partial charge in [0.1, 0.15) is 16.4 Å². The number of methoxy groups -OCH3 is 2. The van der Waals surface area contributed by atoms with Gasteiger partial charge >= 0.3 is 0 Å². The molecule has 0 aromatic heterocycles. The van der Waals surface area contributed by atoms with Crippen LogP contribution in [0.1, 0.15) is 19.3 Å². The monoisotopic (exact) mass is 342 g/mol. The number of hydrogen-bond donors (Lipinski definition) is 0. The summed E-state index contributed by atoms with van der Waals surface area (Å²) in [6.07, 6.45) is 3.67. The van der Waals surface area contributed by atoms with Crippen molar-refractivity contribution in [3.05, 3.63) is 18.2 Å². The number of hydrogen-bond acceptors (Lipinski definition) is 5. The molecule has 1 heterocycles. The molecule has 2 rings (SSSR count). The molecule has 6 nitrogen and oxygen atoms in total. The maximum Gasteiger partial charge on any atom is 0.246 e. The first-order chi connectivity index (χ1) is 11.0. The summed E-state index contributed by atoms with van der Waals surface area (Å²) in [5.74, 6) is 0.867. The van der Waals surface area contributed by atoms with Gasteiger partial charge in [-0.3, -0.25) is 0 Å². The van der Waals surface area contributed by atoms with Crippen molar-refractivity contribution in [2.75, 3.05) is 47.4 Å². The predicted molar refractivity (Wildman–Crippen MR) is 89.7 cm³/mol. The third-order valence-electron chi connectivity index (χ3n) is 4.24. The first kappa shape index (κ1) is 18.0. The van der Waals surface area contributed by atoms with Crippen LogP contribution >= 0.6 is 0 Å². The van der Waals surface area contributed by atoms with Gasteiger partial charge in [-0.25, -0.2) is 8.42 Å². The molecule has 130 valence electrons. The highest BCUT2D eigenvalue weighted by molar-refractivity contribution is 7.89. The molecular formula is C16H26N2O4S. The Balaban J connectivity index is 2.10. The number of ether oxygens (including phenoxy) is 2. The third kappa shape index (κ3) is 4.37. The van der Waals surface area contributed by atoms with E-state index in [4.69, 9.17) is 9.47 Å². The minimum absolute atomic E-state index is 0.168. The highest BCUT2D eigenvalue weighted by Gasteiger charge is 2.25. The third-order valence-corrected chi connectivity index (χ3v) is 6.14. The van der Waals surface area contributed by atoms with Crippen LogP contribution in [0.25, 0.3) is 0 Å². The number of likely N-dealkylation sites (N-methyl/N-ethyl adjacent to an activating group) is 1. The second-order valence-electron chi connectivity index (χ2n) is 5.75. The minimum atomic E-state index is -3.58. The molecule has 0 amide bonds. The van der Waals surface area contributed by atoms with Crippen LogP contribution < -0.4 is 9.47 Å². The molecule has 0 spiro atoms. The number of benzene rings is 1. The van der Waals surface area contributed by atoms with E-state index < -0.39 is 10.0 Å². The van der Waals surface area contributed by atoms with E-state index in [2.05, 4.69) is 4.90 Å². The highest BCUT2D eigenvalue weighted by Crippen LogP contribution is 2.30. The summed E-state index contributed by atoms with van der Waals surface area (Å²) in [5.41, 5.74) is 0. The molecule has 0 atom stereocenters. The summed E-state index contributed by atoms with van der Waals surface area (Å²) >= 11 is 0. The molecule has 23 heavy (non-hydrogen) atoms. The van der Waals surface area contributed by atoms with Gasteiger partial charge in [0.05, 0.1) is 14.2 Å². The largest absolute Gasteiger partial charge is 0.497 e. The van der Waals surface area contributed by atoms with E-state index in [-0.39, 0.29) is 4.90 Å². The Morgan fingerprint density at radius 2 is 1.83 bits per heavy atom. The van der Waals surface area contributed by atoms with Crippen LogP contribution in [0.2, 0.25) is 0 Å². The van der Waals surface area contributed by atoms with Gasteiger partial charge in [0, 0.05) is 26.2 Å². The van der Waals surface area contributed by atoms with Gasteiger partial charge in [-0.15, -0.1) is 0 Å². The van der Waals surface area contributed by atoms with Gasteiger partial charge in [0.25, 0.3) is 0 Å². The molecule has 0 N–H and O–H groups in total. The van der Waals surface area contributed by atoms with E-state index >= 15 is 0 Å². The molecule has 1 fully saturated rings. The molecule has 1 aromatic rings. The summed E-state index contributed by atoms with van der Waals surface area (Å²) in [4.78, 5) is 2.49. The van der Waals surface area contributed by atoms with Crippen LogP contribution in [0.15, 0.2) is 23.1 Å². The quantitative estimate of drug-likeness (QED) is 0.756. The molecular weight excluding hydrogens is 316 g/mol. The molecule has 1 aliphatic heterocycles. The first-order valence-electron chi connectivity index (χ1n) is 7.89. The van der Waals surface area contributed by atoms with Crippen molar-refractivity contribution in [2.45, 2.75) is 24.2 Å². The standard InChI is InChI=1S/C16H26N2O4S/c1-17(11-12-18-9-5-4-6-10-18)23(19,20)16-8-7-14(21-2)13-15(16)22-3/h7-8,13H,4-6,9-12H2,1-3H3. The number of likely N-dealkylation sites (tertiary alicyclic amines) is 1. The van der Waals surface area contributed by atoms with Crippen LogP contribution in [-0.2, 0) is 10.0 Å². The van der Waals surface area contributed by atoms with Gasteiger partial charge in [-0.05, 0) is 38.1 Å².